The number of rotatable bonds is 6. The minimum atomic E-state index is -0.217. The molecule has 0 radical (unpaired) electrons. The van der Waals surface area contributed by atoms with Crippen LogP contribution < -0.4 is 11.1 Å². The fourth-order valence-corrected chi connectivity index (χ4v) is 2.34. The summed E-state index contributed by atoms with van der Waals surface area (Å²) < 4.78 is 18.2. The largest absolute Gasteiger partial charge is 0.380 e. The van der Waals surface area contributed by atoms with Gasteiger partial charge in [0.25, 0.3) is 0 Å². The van der Waals surface area contributed by atoms with Crippen molar-refractivity contribution in [2.75, 3.05) is 19.0 Å². The first-order valence-corrected chi connectivity index (χ1v) is 7.49. The fourth-order valence-electron chi connectivity index (χ4n) is 2.34. The maximum atomic E-state index is 13.1. The van der Waals surface area contributed by atoms with Gasteiger partial charge in [0, 0.05) is 24.9 Å². The number of halogens is 2. The Morgan fingerprint density at radius 2 is 1.96 bits per heavy atom. The van der Waals surface area contributed by atoms with E-state index in [-0.39, 0.29) is 29.8 Å². The van der Waals surface area contributed by atoms with Gasteiger partial charge in [-0.1, -0.05) is 24.3 Å². The smallest absolute Gasteiger partial charge is 0.193 e. The fraction of sp³-hybridized carbons (Fsp3) is 0.278. The molecule has 0 heterocycles. The lowest BCUT2D eigenvalue weighted by Crippen LogP contribution is -2.23. The van der Waals surface area contributed by atoms with Crippen LogP contribution in [-0.2, 0) is 17.8 Å². The van der Waals surface area contributed by atoms with Crippen LogP contribution in [0.25, 0.3) is 0 Å². The lowest BCUT2D eigenvalue weighted by molar-refractivity contribution is 0.185. The quantitative estimate of drug-likeness (QED) is 0.405. The van der Waals surface area contributed by atoms with Crippen LogP contribution in [0, 0.1) is 12.7 Å². The Balaban J connectivity index is 0.00000288. The molecule has 0 spiro atoms. The molecule has 3 N–H and O–H groups in total. The Morgan fingerprint density at radius 3 is 2.67 bits per heavy atom. The molecule has 0 saturated carbocycles. The van der Waals surface area contributed by atoms with Crippen molar-refractivity contribution in [2.24, 2.45) is 10.7 Å². The molecule has 0 aliphatic rings. The van der Waals surface area contributed by atoms with Gasteiger partial charge in [-0.25, -0.2) is 4.39 Å². The summed E-state index contributed by atoms with van der Waals surface area (Å²) in [5.41, 5.74) is 9.83. The van der Waals surface area contributed by atoms with Crippen LogP contribution in [0.15, 0.2) is 47.5 Å². The van der Waals surface area contributed by atoms with Crippen molar-refractivity contribution in [3.63, 3.8) is 0 Å². The summed E-state index contributed by atoms with van der Waals surface area (Å²) in [6, 6.07) is 12.6. The molecule has 0 bridgehead atoms. The SMILES string of the molecule is COCc1ccccc1NC(N)=NCCc1ccc(F)cc1C.I. The van der Waals surface area contributed by atoms with E-state index in [1.165, 1.54) is 12.1 Å². The molecule has 2 rings (SSSR count). The Kier molecular flexibility index (Phi) is 8.70. The second-order valence-electron chi connectivity index (χ2n) is 5.30. The van der Waals surface area contributed by atoms with Crippen LogP contribution in [0.5, 0.6) is 0 Å². The number of aliphatic imine (C=N–C) groups is 1. The first kappa shape index (κ1) is 20.4. The Labute approximate surface area is 159 Å². The van der Waals surface area contributed by atoms with Gasteiger partial charge >= 0.3 is 0 Å². The number of hydrogen-bond acceptors (Lipinski definition) is 2. The van der Waals surface area contributed by atoms with Crippen LogP contribution in [-0.4, -0.2) is 19.6 Å². The average Bonchev–Trinajstić information content (AvgIpc) is 2.52. The van der Waals surface area contributed by atoms with E-state index in [1.807, 2.05) is 31.2 Å². The number of nitrogens with two attached hydrogens (primary N) is 1. The molecule has 0 aliphatic carbocycles. The summed E-state index contributed by atoms with van der Waals surface area (Å²) in [6.07, 6.45) is 0.716. The third kappa shape index (κ3) is 6.09. The zero-order valence-corrected chi connectivity index (χ0v) is 16.2. The summed E-state index contributed by atoms with van der Waals surface area (Å²) in [7, 11) is 1.65. The normalized spacial score (nSPS) is 11.0. The number of methoxy groups -OCH3 is 1. The predicted octanol–water partition coefficient (Wildman–Crippen LogP) is 3.87. The van der Waals surface area contributed by atoms with Gasteiger partial charge in [0.1, 0.15) is 5.82 Å². The van der Waals surface area contributed by atoms with Gasteiger partial charge in [0.15, 0.2) is 5.96 Å². The number of para-hydroxylation sites is 1. The molecule has 6 heteroatoms. The Bertz CT molecular complexity index is 692. The summed E-state index contributed by atoms with van der Waals surface area (Å²) in [5, 5.41) is 3.09. The molecule has 130 valence electrons. The Hall–Kier alpha value is -1.67. The molecular weight excluding hydrogens is 420 g/mol. The van der Waals surface area contributed by atoms with Gasteiger partial charge in [0.05, 0.1) is 6.61 Å². The molecule has 0 atom stereocenters. The first-order chi connectivity index (χ1) is 11.1. The van der Waals surface area contributed by atoms with Gasteiger partial charge < -0.3 is 15.8 Å². The maximum absolute atomic E-state index is 13.1. The summed E-state index contributed by atoms with van der Waals surface area (Å²) in [6.45, 7) is 2.94. The monoisotopic (exact) mass is 443 g/mol. The lowest BCUT2D eigenvalue weighted by atomic mass is 10.1. The highest BCUT2D eigenvalue weighted by Gasteiger charge is 2.03. The zero-order valence-electron chi connectivity index (χ0n) is 13.9. The van der Waals surface area contributed by atoms with Gasteiger partial charge in [-0.15, -0.1) is 24.0 Å². The number of nitrogens with one attached hydrogen (secondary N) is 1. The molecule has 0 saturated heterocycles. The van der Waals surface area contributed by atoms with Crippen LogP contribution in [0.3, 0.4) is 0 Å². The second kappa shape index (κ2) is 10.2. The maximum Gasteiger partial charge on any atom is 0.193 e. The molecule has 24 heavy (non-hydrogen) atoms. The van der Waals surface area contributed by atoms with E-state index >= 15 is 0 Å². The van der Waals surface area contributed by atoms with E-state index < -0.39 is 0 Å². The van der Waals surface area contributed by atoms with E-state index in [0.717, 1.165) is 22.4 Å². The van der Waals surface area contributed by atoms with E-state index in [0.29, 0.717) is 25.5 Å². The number of hydrogen-bond donors (Lipinski definition) is 2. The summed E-state index contributed by atoms with van der Waals surface area (Å²) >= 11 is 0. The molecule has 0 aromatic heterocycles. The van der Waals surface area contributed by atoms with Gasteiger partial charge in [-0.3, -0.25) is 4.99 Å². The number of benzene rings is 2. The lowest BCUT2D eigenvalue weighted by Gasteiger charge is -2.11. The number of guanidine groups is 1. The van der Waals surface area contributed by atoms with Gasteiger partial charge in [-0.05, 0) is 42.7 Å². The van der Waals surface area contributed by atoms with Crippen LogP contribution in [0.1, 0.15) is 16.7 Å². The van der Waals surface area contributed by atoms with Gasteiger partial charge in [0.2, 0.25) is 0 Å². The van der Waals surface area contributed by atoms with Crippen molar-refractivity contribution in [3.05, 3.63) is 65.0 Å². The highest BCUT2D eigenvalue weighted by atomic mass is 127. The van der Waals surface area contributed by atoms with E-state index in [4.69, 9.17) is 10.5 Å². The predicted molar refractivity (Wildman–Crippen MR) is 108 cm³/mol. The number of aryl methyl sites for hydroxylation is 1. The zero-order chi connectivity index (χ0) is 16.7. The van der Waals surface area contributed by atoms with Crippen LogP contribution >= 0.6 is 24.0 Å². The van der Waals surface area contributed by atoms with Crippen LogP contribution in [0.4, 0.5) is 10.1 Å². The summed E-state index contributed by atoms with van der Waals surface area (Å²) in [5.74, 6) is 0.138. The molecular formula is C18H23FIN3O. The minimum Gasteiger partial charge on any atom is -0.380 e. The highest BCUT2D eigenvalue weighted by Crippen LogP contribution is 2.15. The molecule has 0 fully saturated rings. The standard InChI is InChI=1S/C18H22FN3O.HI/c1-13-11-16(19)8-7-14(13)9-10-21-18(20)22-17-6-4-3-5-15(17)12-23-2;/h3-8,11H,9-10,12H2,1-2H3,(H3,20,21,22);1H. The van der Waals surface area contributed by atoms with E-state index in [1.54, 1.807) is 13.2 Å². The minimum absolute atomic E-state index is 0. The molecule has 0 unspecified atom stereocenters. The van der Waals surface area contributed by atoms with E-state index in [9.17, 15) is 4.39 Å². The summed E-state index contributed by atoms with van der Waals surface area (Å²) in [4.78, 5) is 4.33. The average molecular weight is 443 g/mol. The first-order valence-electron chi connectivity index (χ1n) is 7.49. The van der Waals surface area contributed by atoms with Crippen molar-refractivity contribution in [3.8, 4) is 0 Å². The molecule has 2 aromatic rings. The van der Waals surface area contributed by atoms with Crippen molar-refractivity contribution in [1.82, 2.24) is 0 Å². The topological polar surface area (TPSA) is 59.6 Å². The molecule has 4 nitrogen and oxygen atoms in total. The van der Waals surface area contributed by atoms with Crippen LogP contribution in [0.2, 0.25) is 0 Å². The van der Waals surface area contributed by atoms with E-state index in [2.05, 4.69) is 10.3 Å². The number of ether oxygens (including phenoxy) is 1. The molecule has 2 aromatic carbocycles. The molecule has 0 aliphatic heterocycles. The number of nitrogens with zero attached hydrogens (tertiary/aromatic N) is 1. The van der Waals surface area contributed by atoms with Gasteiger partial charge in [-0.2, -0.15) is 0 Å². The third-order valence-corrected chi connectivity index (χ3v) is 3.55. The van der Waals surface area contributed by atoms with Crippen molar-refractivity contribution in [1.29, 1.82) is 0 Å². The second-order valence-corrected chi connectivity index (χ2v) is 5.30. The third-order valence-electron chi connectivity index (χ3n) is 3.55. The van der Waals surface area contributed by atoms with Crippen molar-refractivity contribution >= 4 is 35.6 Å². The molecule has 0 amide bonds. The van der Waals surface area contributed by atoms with Crippen molar-refractivity contribution < 1.29 is 9.13 Å². The Morgan fingerprint density at radius 1 is 1.21 bits per heavy atom. The number of anilines is 1. The van der Waals surface area contributed by atoms with Crippen molar-refractivity contribution in [2.45, 2.75) is 20.0 Å². The highest BCUT2D eigenvalue weighted by molar-refractivity contribution is 14.0.